The maximum atomic E-state index is 12.5. The van der Waals surface area contributed by atoms with Crippen LogP contribution in [0.2, 0.25) is 0 Å². The van der Waals surface area contributed by atoms with Crippen LogP contribution < -0.4 is 5.32 Å². The van der Waals surface area contributed by atoms with Gasteiger partial charge in [0.25, 0.3) is 5.91 Å². The molecular weight excluding hydrogens is 349 g/mol. The second kappa shape index (κ2) is 7.99. The molecule has 0 bridgehead atoms. The lowest BCUT2D eigenvalue weighted by atomic mass is 9.98. The van der Waals surface area contributed by atoms with Crippen molar-refractivity contribution in [2.45, 2.75) is 19.5 Å². The van der Waals surface area contributed by atoms with Gasteiger partial charge in [-0.25, -0.2) is 0 Å². The zero-order valence-electron chi connectivity index (χ0n) is 13.9. The molecule has 1 atom stereocenters. The largest absolute Gasteiger partial charge is 0.481 e. The molecular formula is C18H17F3N2O3. The number of aryl methyl sites for hydroxylation is 1. The van der Waals surface area contributed by atoms with Gasteiger partial charge < -0.3 is 10.4 Å². The van der Waals surface area contributed by atoms with E-state index in [1.54, 1.807) is 6.07 Å². The molecule has 0 aliphatic heterocycles. The maximum Gasteiger partial charge on any atom is 0.433 e. The average molecular weight is 366 g/mol. The summed E-state index contributed by atoms with van der Waals surface area (Å²) < 4.78 is 37.4. The fourth-order valence-corrected chi connectivity index (χ4v) is 2.38. The maximum absolute atomic E-state index is 12.5. The third-order valence-electron chi connectivity index (χ3n) is 3.74. The smallest absolute Gasteiger partial charge is 0.433 e. The molecule has 2 N–H and O–H groups in total. The van der Waals surface area contributed by atoms with E-state index in [0.717, 1.165) is 23.4 Å². The molecule has 1 aromatic heterocycles. The molecule has 1 unspecified atom stereocenters. The SMILES string of the molecule is Cc1cccc(CC(CNC(=O)c2ccc(C(F)(F)F)nc2)C(=O)O)c1. The number of rotatable bonds is 6. The predicted molar refractivity (Wildman–Crippen MR) is 87.6 cm³/mol. The number of aliphatic carboxylic acids is 1. The zero-order chi connectivity index (χ0) is 19.3. The van der Waals surface area contributed by atoms with E-state index in [4.69, 9.17) is 0 Å². The molecule has 0 spiro atoms. The Balaban J connectivity index is 2.00. The summed E-state index contributed by atoms with van der Waals surface area (Å²) in [4.78, 5) is 26.6. The fourth-order valence-electron chi connectivity index (χ4n) is 2.38. The third-order valence-corrected chi connectivity index (χ3v) is 3.74. The molecule has 1 heterocycles. The summed E-state index contributed by atoms with van der Waals surface area (Å²) in [7, 11) is 0. The van der Waals surface area contributed by atoms with E-state index < -0.39 is 29.7 Å². The number of pyridine rings is 1. The lowest BCUT2D eigenvalue weighted by Crippen LogP contribution is -2.34. The Bertz CT molecular complexity index is 789. The van der Waals surface area contributed by atoms with Crippen LogP contribution in [0.5, 0.6) is 0 Å². The molecule has 0 aliphatic rings. The van der Waals surface area contributed by atoms with Crippen molar-refractivity contribution in [1.29, 1.82) is 0 Å². The van der Waals surface area contributed by atoms with Crippen molar-refractivity contribution in [3.8, 4) is 0 Å². The Morgan fingerprint density at radius 1 is 1.23 bits per heavy atom. The molecule has 26 heavy (non-hydrogen) atoms. The number of hydrogen-bond acceptors (Lipinski definition) is 3. The van der Waals surface area contributed by atoms with Crippen molar-refractivity contribution in [2.75, 3.05) is 6.54 Å². The van der Waals surface area contributed by atoms with Gasteiger partial charge in [-0.15, -0.1) is 0 Å². The number of amides is 1. The summed E-state index contributed by atoms with van der Waals surface area (Å²) in [6.07, 6.45) is -3.55. The minimum absolute atomic E-state index is 0.0716. The first-order valence-corrected chi connectivity index (χ1v) is 7.76. The number of carboxylic acids is 1. The highest BCUT2D eigenvalue weighted by Crippen LogP contribution is 2.27. The van der Waals surface area contributed by atoms with Gasteiger partial charge in [-0.3, -0.25) is 14.6 Å². The highest BCUT2D eigenvalue weighted by molar-refractivity contribution is 5.94. The first-order valence-electron chi connectivity index (χ1n) is 7.76. The van der Waals surface area contributed by atoms with Crippen molar-refractivity contribution in [2.24, 2.45) is 5.92 Å². The van der Waals surface area contributed by atoms with E-state index in [1.807, 2.05) is 25.1 Å². The molecule has 0 saturated heterocycles. The summed E-state index contributed by atoms with van der Waals surface area (Å²) in [5, 5.41) is 11.8. The number of benzene rings is 1. The molecule has 138 valence electrons. The summed E-state index contributed by atoms with van der Waals surface area (Å²) in [5.41, 5.74) is 0.643. The van der Waals surface area contributed by atoms with Gasteiger partial charge in [0.15, 0.2) is 0 Å². The van der Waals surface area contributed by atoms with E-state index in [9.17, 15) is 27.9 Å². The highest BCUT2D eigenvalue weighted by atomic mass is 19.4. The van der Waals surface area contributed by atoms with Gasteiger partial charge in [-0.2, -0.15) is 13.2 Å². The van der Waals surface area contributed by atoms with Gasteiger partial charge in [0, 0.05) is 12.7 Å². The number of nitrogens with one attached hydrogen (secondary N) is 1. The second-order valence-electron chi connectivity index (χ2n) is 5.87. The molecule has 2 aromatic rings. The number of carbonyl (C=O) groups is 2. The van der Waals surface area contributed by atoms with Gasteiger partial charge in [-0.05, 0) is 31.0 Å². The number of aromatic nitrogens is 1. The average Bonchev–Trinajstić information content (AvgIpc) is 2.57. The quantitative estimate of drug-likeness (QED) is 0.824. The summed E-state index contributed by atoms with van der Waals surface area (Å²) in [6.45, 7) is 1.74. The van der Waals surface area contributed by atoms with Gasteiger partial charge in [0.1, 0.15) is 5.69 Å². The van der Waals surface area contributed by atoms with Crippen LogP contribution in [0.15, 0.2) is 42.6 Å². The third kappa shape index (κ3) is 5.30. The van der Waals surface area contributed by atoms with E-state index in [-0.39, 0.29) is 18.5 Å². The van der Waals surface area contributed by atoms with E-state index in [2.05, 4.69) is 10.3 Å². The van der Waals surface area contributed by atoms with Crippen LogP contribution in [0.25, 0.3) is 0 Å². The van der Waals surface area contributed by atoms with Gasteiger partial charge in [0.05, 0.1) is 11.5 Å². The van der Waals surface area contributed by atoms with E-state index >= 15 is 0 Å². The summed E-state index contributed by atoms with van der Waals surface area (Å²) in [5.74, 6) is -2.61. The fraction of sp³-hybridized carbons (Fsp3) is 0.278. The number of carboxylic acid groups (broad SMARTS) is 1. The van der Waals surface area contributed by atoms with Crippen molar-refractivity contribution >= 4 is 11.9 Å². The zero-order valence-corrected chi connectivity index (χ0v) is 13.9. The Hall–Kier alpha value is -2.90. The second-order valence-corrected chi connectivity index (χ2v) is 5.87. The molecule has 5 nitrogen and oxygen atoms in total. The van der Waals surface area contributed by atoms with Gasteiger partial charge >= 0.3 is 12.1 Å². The number of carbonyl (C=O) groups excluding carboxylic acids is 1. The van der Waals surface area contributed by atoms with Crippen LogP contribution >= 0.6 is 0 Å². The predicted octanol–water partition coefficient (Wildman–Crippen LogP) is 3.08. The van der Waals surface area contributed by atoms with Crippen molar-refractivity contribution in [1.82, 2.24) is 10.3 Å². The molecule has 1 amide bonds. The van der Waals surface area contributed by atoms with Crippen molar-refractivity contribution in [3.63, 3.8) is 0 Å². The minimum Gasteiger partial charge on any atom is -0.481 e. The van der Waals surface area contributed by atoms with Crippen LogP contribution in [0.4, 0.5) is 13.2 Å². The van der Waals surface area contributed by atoms with Crippen LogP contribution in [0.1, 0.15) is 27.2 Å². The normalized spacial score (nSPS) is 12.5. The number of alkyl halides is 3. The van der Waals surface area contributed by atoms with Crippen LogP contribution in [0.3, 0.4) is 0 Å². The van der Waals surface area contributed by atoms with Crippen LogP contribution in [0, 0.1) is 12.8 Å². The summed E-state index contributed by atoms with van der Waals surface area (Å²) in [6, 6.07) is 9.06. The van der Waals surface area contributed by atoms with E-state index in [1.165, 1.54) is 0 Å². The molecule has 0 fully saturated rings. The molecule has 1 aromatic carbocycles. The first kappa shape index (κ1) is 19.4. The minimum atomic E-state index is -4.59. The first-order chi connectivity index (χ1) is 12.2. The van der Waals surface area contributed by atoms with Crippen LogP contribution in [-0.2, 0) is 17.4 Å². The Morgan fingerprint density at radius 3 is 2.50 bits per heavy atom. The highest BCUT2D eigenvalue weighted by Gasteiger charge is 2.32. The monoisotopic (exact) mass is 366 g/mol. The lowest BCUT2D eigenvalue weighted by Gasteiger charge is -2.14. The molecule has 2 rings (SSSR count). The van der Waals surface area contributed by atoms with Crippen LogP contribution in [-0.4, -0.2) is 28.5 Å². The Labute approximate surface area is 147 Å². The molecule has 0 radical (unpaired) electrons. The number of nitrogens with zero attached hydrogens (tertiary/aromatic N) is 1. The Kier molecular flexibility index (Phi) is 5.97. The number of hydrogen-bond donors (Lipinski definition) is 2. The van der Waals surface area contributed by atoms with Gasteiger partial charge in [0.2, 0.25) is 0 Å². The van der Waals surface area contributed by atoms with Crippen molar-refractivity contribution in [3.05, 3.63) is 65.0 Å². The lowest BCUT2D eigenvalue weighted by molar-refractivity contribution is -0.142. The topological polar surface area (TPSA) is 79.3 Å². The molecule has 0 aliphatic carbocycles. The van der Waals surface area contributed by atoms with E-state index in [0.29, 0.717) is 6.07 Å². The van der Waals surface area contributed by atoms with Gasteiger partial charge in [-0.1, -0.05) is 29.8 Å². The standard InChI is InChI=1S/C18H17F3N2O3/c1-11-3-2-4-12(7-11)8-14(17(25)26)10-23-16(24)13-5-6-15(22-9-13)18(19,20)21/h2-7,9,14H,8,10H2,1H3,(H,23,24)(H,25,26). The molecule has 8 heteroatoms. The summed E-state index contributed by atoms with van der Waals surface area (Å²) >= 11 is 0. The van der Waals surface area contributed by atoms with Crippen molar-refractivity contribution < 1.29 is 27.9 Å². The molecule has 0 saturated carbocycles. The number of halogens is 3. The Morgan fingerprint density at radius 2 is 1.96 bits per heavy atom.